The molecule has 90 valence electrons. The Bertz CT molecular complexity index is 331. The molecule has 16 heavy (non-hydrogen) atoms. The van der Waals surface area contributed by atoms with Crippen LogP contribution >= 0.6 is 15.9 Å². The van der Waals surface area contributed by atoms with E-state index in [0.29, 0.717) is 19.6 Å². The average Bonchev–Trinajstić information content (AvgIpc) is 2.29. The third-order valence-corrected chi connectivity index (χ3v) is 2.95. The lowest BCUT2D eigenvalue weighted by Gasteiger charge is -2.10. The van der Waals surface area contributed by atoms with Gasteiger partial charge >= 0.3 is 0 Å². The highest BCUT2D eigenvalue weighted by molar-refractivity contribution is 9.10. The summed E-state index contributed by atoms with van der Waals surface area (Å²) in [5.74, 6) is 0.852. The molecule has 1 rings (SSSR count). The predicted octanol–water partition coefficient (Wildman–Crippen LogP) is 2.10. The molecule has 0 spiro atoms. The summed E-state index contributed by atoms with van der Waals surface area (Å²) in [4.78, 5) is 0. The molecule has 0 amide bonds. The second-order valence-electron chi connectivity index (χ2n) is 3.63. The number of rotatable bonds is 6. The number of aliphatic hydroxyl groups excluding tert-OH is 1. The van der Waals surface area contributed by atoms with Crippen LogP contribution in [-0.4, -0.2) is 24.4 Å². The number of hydrogen-bond donors (Lipinski definition) is 2. The van der Waals surface area contributed by atoms with Gasteiger partial charge in [-0.25, -0.2) is 0 Å². The Balaban J connectivity index is 2.59. The average molecular weight is 288 g/mol. The lowest BCUT2D eigenvalue weighted by molar-refractivity contribution is 0.173. The van der Waals surface area contributed by atoms with E-state index in [9.17, 15) is 5.11 Å². The van der Waals surface area contributed by atoms with Crippen LogP contribution in [-0.2, 0) is 6.42 Å². The first-order chi connectivity index (χ1) is 7.67. The zero-order chi connectivity index (χ0) is 12.0. The van der Waals surface area contributed by atoms with Crippen LogP contribution in [0.4, 0.5) is 0 Å². The van der Waals surface area contributed by atoms with Crippen LogP contribution < -0.4 is 10.5 Å². The summed E-state index contributed by atoms with van der Waals surface area (Å²) in [6.07, 6.45) is 1.10. The quantitative estimate of drug-likeness (QED) is 0.843. The van der Waals surface area contributed by atoms with Gasteiger partial charge in [-0.1, -0.05) is 6.07 Å². The monoisotopic (exact) mass is 287 g/mol. The van der Waals surface area contributed by atoms with Crippen molar-refractivity contribution in [2.24, 2.45) is 5.73 Å². The Kier molecular flexibility index (Phi) is 5.80. The third kappa shape index (κ3) is 4.12. The molecule has 1 aromatic carbocycles. The van der Waals surface area contributed by atoms with Gasteiger partial charge < -0.3 is 15.6 Å². The fourth-order valence-electron chi connectivity index (χ4n) is 1.42. The van der Waals surface area contributed by atoms with Gasteiger partial charge in [0.1, 0.15) is 5.75 Å². The van der Waals surface area contributed by atoms with Crippen molar-refractivity contribution in [2.45, 2.75) is 25.9 Å². The number of nitrogens with two attached hydrogens (primary N) is 1. The van der Waals surface area contributed by atoms with Crippen LogP contribution in [0.5, 0.6) is 5.75 Å². The molecule has 3 N–H and O–H groups in total. The van der Waals surface area contributed by atoms with Crippen molar-refractivity contribution in [3.8, 4) is 5.75 Å². The molecule has 0 aromatic heterocycles. The molecule has 0 aliphatic carbocycles. The Labute approximate surface area is 105 Å². The molecule has 0 bridgehead atoms. The molecule has 0 aliphatic rings. The second-order valence-corrected chi connectivity index (χ2v) is 4.48. The maximum Gasteiger partial charge on any atom is 0.133 e. The van der Waals surface area contributed by atoms with Gasteiger partial charge in [0.05, 0.1) is 17.2 Å². The molecular weight excluding hydrogens is 270 g/mol. The van der Waals surface area contributed by atoms with Crippen molar-refractivity contribution < 1.29 is 9.84 Å². The fraction of sp³-hybridized carbons (Fsp3) is 0.500. The molecule has 0 saturated heterocycles. The molecule has 4 heteroatoms. The van der Waals surface area contributed by atoms with Gasteiger partial charge in [-0.3, -0.25) is 0 Å². The van der Waals surface area contributed by atoms with Crippen LogP contribution in [0, 0.1) is 0 Å². The van der Waals surface area contributed by atoms with Gasteiger partial charge in [0, 0.05) is 6.54 Å². The van der Waals surface area contributed by atoms with E-state index in [2.05, 4.69) is 15.9 Å². The van der Waals surface area contributed by atoms with E-state index in [0.717, 1.165) is 16.6 Å². The van der Waals surface area contributed by atoms with Crippen LogP contribution in [0.15, 0.2) is 22.7 Å². The topological polar surface area (TPSA) is 55.5 Å². The maximum atomic E-state index is 9.37. The normalized spacial score (nSPS) is 12.5. The van der Waals surface area contributed by atoms with Crippen molar-refractivity contribution in [1.29, 1.82) is 0 Å². The van der Waals surface area contributed by atoms with Crippen LogP contribution in [0.1, 0.15) is 18.9 Å². The zero-order valence-corrected chi connectivity index (χ0v) is 11.0. The van der Waals surface area contributed by atoms with Gasteiger partial charge in [-0.2, -0.15) is 0 Å². The Hall–Kier alpha value is -0.580. The molecule has 0 radical (unpaired) electrons. The first-order valence-electron chi connectivity index (χ1n) is 5.46. The van der Waals surface area contributed by atoms with E-state index in [4.69, 9.17) is 10.5 Å². The number of aliphatic hydroxyl groups is 1. The van der Waals surface area contributed by atoms with Crippen molar-refractivity contribution in [3.63, 3.8) is 0 Å². The Morgan fingerprint density at radius 3 is 2.81 bits per heavy atom. The number of hydrogen-bond acceptors (Lipinski definition) is 3. The Morgan fingerprint density at radius 2 is 2.25 bits per heavy atom. The summed E-state index contributed by atoms with van der Waals surface area (Å²) in [5, 5.41) is 9.37. The molecule has 1 unspecified atom stereocenters. The van der Waals surface area contributed by atoms with Crippen molar-refractivity contribution in [1.82, 2.24) is 0 Å². The molecule has 0 heterocycles. The number of ether oxygens (including phenoxy) is 1. The van der Waals surface area contributed by atoms with E-state index < -0.39 is 6.10 Å². The largest absolute Gasteiger partial charge is 0.493 e. The Morgan fingerprint density at radius 1 is 1.50 bits per heavy atom. The predicted molar refractivity (Wildman–Crippen MR) is 68.7 cm³/mol. The lowest BCUT2D eigenvalue weighted by Crippen LogP contribution is -2.20. The first kappa shape index (κ1) is 13.5. The van der Waals surface area contributed by atoms with Gasteiger partial charge in [0.2, 0.25) is 0 Å². The highest BCUT2D eigenvalue weighted by Gasteiger charge is 2.05. The molecular formula is C12H18BrNO2. The van der Waals surface area contributed by atoms with Crippen LogP contribution in [0.3, 0.4) is 0 Å². The second kappa shape index (κ2) is 6.89. The van der Waals surface area contributed by atoms with Gasteiger partial charge in [-0.05, 0) is 53.4 Å². The fourth-order valence-corrected chi connectivity index (χ4v) is 1.96. The minimum atomic E-state index is -0.412. The van der Waals surface area contributed by atoms with E-state index in [-0.39, 0.29) is 0 Å². The smallest absolute Gasteiger partial charge is 0.133 e. The molecule has 1 aromatic rings. The van der Waals surface area contributed by atoms with Crippen molar-refractivity contribution >= 4 is 15.9 Å². The SMILES string of the molecule is CCOc1ccc(CCC(O)CN)cc1Br. The minimum absolute atomic E-state index is 0.318. The first-order valence-corrected chi connectivity index (χ1v) is 6.26. The third-order valence-electron chi connectivity index (χ3n) is 2.33. The van der Waals surface area contributed by atoms with Crippen LogP contribution in [0.2, 0.25) is 0 Å². The zero-order valence-electron chi connectivity index (χ0n) is 9.45. The van der Waals surface area contributed by atoms with E-state index >= 15 is 0 Å². The van der Waals surface area contributed by atoms with E-state index in [1.54, 1.807) is 0 Å². The van der Waals surface area contributed by atoms with Crippen molar-refractivity contribution in [3.05, 3.63) is 28.2 Å². The lowest BCUT2D eigenvalue weighted by atomic mass is 10.1. The highest BCUT2D eigenvalue weighted by Crippen LogP contribution is 2.26. The summed E-state index contributed by atoms with van der Waals surface area (Å²) < 4.78 is 6.37. The summed E-state index contributed by atoms with van der Waals surface area (Å²) in [6, 6.07) is 5.98. The molecule has 1 atom stereocenters. The summed E-state index contributed by atoms with van der Waals surface area (Å²) >= 11 is 3.46. The maximum absolute atomic E-state index is 9.37. The van der Waals surface area contributed by atoms with Gasteiger partial charge in [-0.15, -0.1) is 0 Å². The number of aryl methyl sites for hydroxylation is 1. The number of halogens is 1. The van der Waals surface area contributed by atoms with Gasteiger partial charge in [0.25, 0.3) is 0 Å². The van der Waals surface area contributed by atoms with E-state index in [1.165, 1.54) is 5.56 Å². The van der Waals surface area contributed by atoms with Crippen molar-refractivity contribution in [2.75, 3.05) is 13.2 Å². The highest BCUT2D eigenvalue weighted by atomic mass is 79.9. The van der Waals surface area contributed by atoms with Gasteiger partial charge in [0.15, 0.2) is 0 Å². The summed E-state index contributed by atoms with van der Waals surface area (Å²) in [6.45, 7) is 2.93. The summed E-state index contributed by atoms with van der Waals surface area (Å²) in [5.41, 5.74) is 6.52. The van der Waals surface area contributed by atoms with E-state index in [1.807, 2.05) is 25.1 Å². The minimum Gasteiger partial charge on any atom is -0.493 e. The molecule has 0 aliphatic heterocycles. The molecule has 0 saturated carbocycles. The molecule has 3 nitrogen and oxygen atoms in total. The van der Waals surface area contributed by atoms with Crippen LogP contribution in [0.25, 0.3) is 0 Å². The standard InChI is InChI=1S/C12H18BrNO2/c1-2-16-12-6-4-9(7-11(12)13)3-5-10(15)8-14/h4,6-7,10,15H,2-3,5,8,14H2,1H3. The summed E-state index contributed by atoms with van der Waals surface area (Å²) in [7, 11) is 0. The molecule has 0 fully saturated rings. The number of benzene rings is 1.